The lowest BCUT2D eigenvalue weighted by molar-refractivity contribution is 0.0374. The minimum atomic E-state index is 0.484. The fourth-order valence-corrected chi connectivity index (χ4v) is 3.69. The van der Waals surface area contributed by atoms with E-state index in [-0.39, 0.29) is 0 Å². The van der Waals surface area contributed by atoms with Gasteiger partial charge in [0.15, 0.2) is 5.65 Å². The molecular weight excluding hydrogens is 396 g/mol. The zero-order chi connectivity index (χ0) is 17.9. The highest BCUT2D eigenvalue weighted by molar-refractivity contribution is 9.10. The number of aryl methyl sites for hydroxylation is 1. The van der Waals surface area contributed by atoms with Crippen molar-refractivity contribution in [1.29, 1.82) is 0 Å². The van der Waals surface area contributed by atoms with Crippen LogP contribution in [0.5, 0.6) is 0 Å². The molecule has 2 aromatic heterocycles. The summed E-state index contributed by atoms with van der Waals surface area (Å²) in [5.74, 6) is 0.484. The molecule has 0 bridgehead atoms. The number of morpholine rings is 1. The molecular formula is C18H21BrN6O. The summed E-state index contributed by atoms with van der Waals surface area (Å²) in [5.41, 5.74) is 8.80. The first kappa shape index (κ1) is 17.4. The molecule has 3 aromatic rings. The average Bonchev–Trinajstić information content (AvgIpc) is 3.03. The molecule has 0 spiro atoms. The first-order chi connectivity index (χ1) is 12.7. The highest BCUT2D eigenvalue weighted by Gasteiger charge is 2.17. The maximum absolute atomic E-state index is 6.15. The Bertz CT molecular complexity index is 906. The van der Waals surface area contributed by atoms with Crippen molar-refractivity contribution < 1.29 is 4.74 Å². The summed E-state index contributed by atoms with van der Waals surface area (Å²) >= 11 is 3.52. The Labute approximate surface area is 160 Å². The van der Waals surface area contributed by atoms with Crippen molar-refractivity contribution in [3.8, 4) is 5.69 Å². The van der Waals surface area contributed by atoms with Gasteiger partial charge in [-0.25, -0.2) is 14.6 Å². The molecule has 0 saturated carbocycles. The number of fused-ring (bicyclic) bond motifs is 1. The van der Waals surface area contributed by atoms with E-state index in [1.54, 1.807) is 0 Å². The highest BCUT2D eigenvalue weighted by atomic mass is 79.9. The SMILES string of the molecule is Nc1ncnc2c1c(CCCN1CCOCC1)nn2-c1cccc(Br)c1. The topological polar surface area (TPSA) is 82.1 Å². The molecule has 1 aromatic carbocycles. The molecule has 136 valence electrons. The minimum absolute atomic E-state index is 0.484. The van der Waals surface area contributed by atoms with E-state index in [1.165, 1.54) is 6.33 Å². The van der Waals surface area contributed by atoms with Gasteiger partial charge >= 0.3 is 0 Å². The summed E-state index contributed by atoms with van der Waals surface area (Å²) in [5, 5.41) is 5.67. The Hall–Kier alpha value is -2.03. The first-order valence-electron chi connectivity index (χ1n) is 8.76. The molecule has 0 amide bonds. The lowest BCUT2D eigenvalue weighted by atomic mass is 10.1. The zero-order valence-corrected chi connectivity index (χ0v) is 16.0. The van der Waals surface area contributed by atoms with Crippen LogP contribution in [0.4, 0.5) is 5.82 Å². The van der Waals surface area contributed by atoms with E-state index in [2.05, 4.69) is 30.8 Å². The normalized spacial score (nSPS) is 15.6. The van der Waals surface area contributed by atoms with Gasteiger partial charge in [0.25, 0.3) is 0 Å². The number of nitrogens with two attached hydrogens (primary N) is 1. The van der Waals surface area contributed by atoms with Gasteiger partial charge in [-0.15, -0.1) is 0 Å². The molecule has 8 heteroatoms. The third-order valence-corrected chi connectivity index (χ3v) is 5.10. The number of aromatic nitrogens is 4. The van der Waals surface area contributed by atoms with E-state index in [4.69, 9.17) is 15.6 Å². The van der Waals surface area contributed by atoms with Crippen LogP contribution in [0.15, 0.2) is 35.1 Å². The van der Waals surface area contributed by atoms with E-state index in [1.807, 2.05) is 28.9 Å². The Kier molecular flexibility index (Phi) is 5.14. The van der Waals surface area contributed by atoms with Gasteiger partial charge in [0, 0.05) is 17.6 Å². The molecule has 1 fully saturated rings. The second-order valence-electron chi connectivity index (χ2n) is 6.35. The predicted octanol–water partition coefficient (Wildman–Crippen LogP) is 2.42. The van der Waals surface area contributed by atoms with Crippen molar-refractivity contribution in [2.45, 2.75) is 12.8 Å². The standard InChI is InChI=1S/C18H21BrN6O/c19-13-3-1-4-14(11-13)25-18-16(17(20)21-12-22-18)15(23-25)5-2-6-24-7-9-26-10-8-24/h1,3-4,11-12H,2,5-10H2,(H2,20,21,22). The van der Waals surface area contributed by atoms with E-state index >= 15 is 0 Å². The Morgan fingerprint density at radius 2 is 2.04 bits per heavy atom. The van der Waals surface area contributed by atoms with Crippen LogP contribution >= 0.6 is 15.9 Å². The van der Waals surface area contributed by atoms with Gasteiger partial charge < -0.3 is 10.5 Å². The van der Waals surface area contributed by atoms with E-state index in [0.29, 0.717) is 5.82 Å². The number of halogens is 1. The summed E-state index contributed by atoms with van der Waals surface area (Å²) in [4.78, 5) is 11.0. The number of nitrogens with zero attached hydrogens (tertiary/aromatic N) is 5. The summed E-state index contributed by atoms with van der Waals surface area (Å²) < 4.78 is 8.25. The Morgan fingerprint density at radius 1 is 1.19 bits per heavy atom. The molecule has 0 radical (unpaired) electrons. The molecule has 1 aliphatic rings. The molecule has 0 unspecified atom stereocenters. The van der Waals surface area contributed by atoms with Crippen molar-refractivity contribution in [3.05, 3.63) is 40.8 Å². The molecule has 3 heterocycles. The van der Waals surface area contributed by atoms with Crippen LogP contribution in [0.25, 0.3) is 16.7 Å². The van der Waals surface area contributed by atoms with Gasteiger partial charge in [-0.2, -0.15) is 5.10 Å². The molecule has 4 rings (SSSR count). The van der Waals surface area contributed by atoms with Crippen LogP contribution in [0.1, 0.15) is 12.1 Å². The monoisotopic (exact) mass is 416 g/mol. The Morgan fingerprint density at radius 3 is 2.85 bits per heavy atom. The lowest BCUT2D eigenvalue weighted by Gasteiger charge is -2.26. The van der Waals surface area contributed by atoms with Gasteiger partial charge in [0.05, 0.1) is 30.0 Å². The summed E-state index contributed by atoms with van der Waals surface area (Å²) in [6, 6.07) is 7.99. The first-order valence-corrected chi connectivity index (χ1v) is 9.56. The van der Waals surface area contributed by atoms with Crippen LogP contribution in [0.2, 0.25) is 0 Å². The van der Waals surface area contributed by atoms with Crippen LogP contribution in [-0.2, 0) is 11.2 Å². The summed E-state index contributed by atoms with van der Waals surface area (Å²) in [6.07, 6.45) is 3.34. The quantitative estimate of drug-likeness (QED) is 0.687. The van der Waals surface area contributed by atoms with Gasteiger partial charge in [-0.05, 0) is 37.6 Å². The molecule has 2 N–H and O–H groups in total. The molecule has 26 heavy (non-hydrogen) atoms. The zero-order valence-electron chi connectivity index (χ0n) is 14.4. The van der Waals surface area contributed by atoms with Crippen molar-refractivity contribution in [3.63, 3.8) is 0 Å². The van der Waals surface area contributed by atoms with E-state index < -0.39 is 0 Å². The number of hydrogen-bond donors (Lipinski definition) is 1. The number of nitrogen functional groups attached to an aromatic ring is 1. The summed E-state index contributed by atoms with van der Waals surface area (Å²) in [6.45, 7) is 4.67. The molecule has 7 nitrogen and oxygen atoms in total. The second-order valence-corrected chi connectivity index (χ2v) is 7.27. The van der Waals surface area contributed by atoms with Crippen molar-refractivity contribution in [2.24, 2.45) is 0 Å². The highest BCUT2D eigenvalue weighted by Crippen LogP contribution is 2.26. The van der Waals surface area contributed by atoms with Crippen LogP contribution < -0.4 is 5.73 Å². The fourth-order valence-electron chi connectivity index (χ4n) is 3.30. The average molecular weight is 417 g/mol. The predicted molar refractivity (Wildman–Crippen MR) is 104 cm³/mol. The van der Waals surface area contributed by atoms with Gasteiger partial charge in [-0.3, -0.25) is 4.90 Å². The summed E-state index contributed by atoms with van der Waals surface area (Å²) in [7, 11) is 0. The van der Waals surface area contributed by atoms with Crippen LogP contribution in [0.3, 0.4) is 0 Å². The number of benzene rings is 1. The lowest BCUT2D eigenvalue weighted by Crippen LogP contribution is -2.36. The number of anilines is 1. The second kappa shape index (κ2) is 7.69. The molecule has 0 atom stereocenters. The van der Waals surface area contributed by atoms with Crippen molar-refractivity contribution >= 4 is 32.8 Å². The number of rotatable bonds is 5. The third kappa shape index (κ3) is 3.58. The smallest absolute Gasteiger partial charge is 0.168 e. The van der Waals surface area contributed by atoms with Crippen molar-refractivity contribution in [2.75, 3.05) is 38.6 Å². The van der Waals surface area contributed by atoms with Gasteiger partial charge in [0.1, 0.15) is 12.1 Å². The van der Waals surface area contributed by atoms with E-state index in [9.17, 15) is 0 Å². The van der Waals surface area contributed by atoms with E-state index in [0.717, 1.165) is 72.6 Å². The molecule has 0 aliphatic carbocycles. The number of hydrogen-bond acceptors (Lipinski definition) is 6. The fraction of sp³-hybridized carbons (Fsp3) is 0.389. The maximum atomic E-state index is 6.15. The largest absolute Gasteiger partial charge is 0.383 e. The van der Waals surface area contributed by atoms with Crippen molar-refractivity contribution in [1.82, 2.24) is 24.6 Å². The Balaban J connectivity index is 1.62. The van der Waals surface area contributed by atoms with Crippen LogP contribution in [-0.4, -0.2) is 57.5 Å². The molecule has 1 aliphatic heterocycles. The molecule has 1 saturated heterocycles. The maximum Gasteiger partial charge on any atom is 0.168 e. The minimum Gasteiger partial charge on any atom is -0.383 e. The van der Waals surface area contributed by atoms with Crippen LogP contribution in [0, 0.1) is 0 Å². The van der Waals surface area contributed by atoms with Gasteiger partial charge in [0.2, 0.25) is 0 Å². The van der Waals surface area contributed by atoms with Gasteiger partial charge in [-0.1, -0.05) is 22.0 Å². The third-order valence-electron chi connectivity index (χ3n) is 4.61. The number of ether oxygens (including phenoxy) is 1.